The van der Waals surface area contributed by atoms with Crippen molar-refractivity contribution in [3.63, 3.8) is 0 Å². The maximum atomic E-state index is 10.6. The first-order valence-electron chi connectivity index (χ1n) is 8.14. The Morgan fingerprint density at radius 1 is 1.42 bits per heavy atom. The highest BCUT2D eigenvalue weighted by atomic mass is 32.1. The van der Waals surface area contributed by atoms with Gasteiger partial charge < -0.3 is 20.3 Å². The summed E-state index contributed by atoms with van der Waals surface area (Å²) >= 11 is 1.54. The van der Waals surface area contributed by atoms with Gasteiger partial charge in [-0.2, -0.15) is 0 Å². The van der Waals surface area contributed by atoms with Crippen LogP contribution in [0.5, 0.6) is 0 Å². The number of thiophene rings is 1. The number of nitrogens with zero attached hydrogens (tertiary/aromatic N) is 2. The number of nitrogens with one attached hydrogen (secondary N) is 2. The van der Waals surface area contributed by atoms with E-state index in [0.717, 1.165) is 41.4 Å². The molecule has 0 saturated carbocycles. The Morgan fingerprint density at radius 3 is 2.79 bits per heavy atom. The molecule has 0 bridgehead atoms. The minimum Gasteiger partial charge on any atom is -0.383 e. The van der Waals surface area contributed by atoms with Crippen LogP contribution in [0.3, 0.4) is 0 Å². The largest absolute Gasteiger partial charge is 0.383 e. The average Bonchev–Trinajstić information content (AvgIpc) is 3.18. The van der Waals surface area contributed by atoms with E-state index in [1.54, 1.807) is 6.92 Å². The fourth-order valence-corrected chi connectivity index (χ4v) is 3.18. The molecule has 0 fully saturated rings. The molecule has 2 aromatic heterocycles. The second-order valence-electron chi connectivity index (χ2n) is 5.93. The molecule has 0 aliphatic carbocycles. The Morgan fingerprint density at radius 2 is 2.21 bits per heavy atom. The van der Waals surface area contributed by atoms with Crippen LogP contribution in [0.1, 0.15) is 35.7 Å². The van der Waals surface area contributed by atoms with E-state index in [9.17, 15) is 5.11 Å². The summed E-state index contributed by atoms with van der Waals surface area (Å²) in [4.78, 5) is 5.43. The van der Waals surface area contributed by atoms with Crippen molar-refractivity contribution in [1.29, 1.82) is 0 Å². The highest BCUT2D eigenvalue weighted by Crippen LogP contribution is 2.25. The van der Waals surface area contributed by atoms with Crippen molar-refractivity contribution < 1.29 is 9.63 Å². The van der Waals surface area contributed by atoms with Gasteiger partial charge in [-0.3, -0.25) is 0 Å². The molecule has 0 amide bonds. The van der Waals surface area contributed by atoms with Gasteiger partial charge in [0, 0.05) is 23.5 Å². The van der Waals surface area contributed by atoms with Crippen LogP contribution < -0.4 is 10.6 Å². The number of hydrogen-bond acceptors (Lipinski definition) is 5. The highest BCUT2D eigenvalue weighted by molar-refractivity contribution is 7.10. The molecule has 2 aromatic rings. The van der Waals surface area contributed by atoms with Crippen LogP contribution in [0.15, 0.2) is 27.0 Å². The number of aryl methyl sites for hydroxylation is 2. The smallest absolute Gasteiger partial charge is 0.191 e. The third kappa shape index (κ3) is 4.82. The van der Waals surface area contributed by atoms with E-state index in [2.05, 4.69) is 20.8 Å². The summed E-state index contributed by atoms with van der Waals surface area (Å²) < 4.78 is 5.18. The number of hydrogen-bond donors (Lipinski definition) is 3. The van der Waals surface area contributed by atoms with Crippen molar-refractivity contribution in [2.75, 3.05) is 19.6 Å². The van der Waals surface area contributed by atoms with Crippen LogP contribution in [0.2, 0.25) is 0 Å². The van der Waals surface area contributed by atoms with Gasteiger partial charge in [0.05, 0.1) is 12.2 Å². The molecule has 24 heavy (non-hydrogen) atoms. The number of guanidine groups is 1. The lowest BCUT2D eigenvalue weighted by Crippen LogP contribution is -2.39. The van der Waals surface area contributed by atoms with E-state index in [1.165, 1.54) is 11.3 Å². The van der Waals surface area contributed by atoms with Crippen LogP contribution >= 0.6 is 11.3 Å². The topological polar surface area (TPSA) is 82.7 Å². The van der Waals surface area contributed by atoms with E-state index in [-0.39, 0.29) is 0 Å². The third-order valence-electron chi connectivity index (χ3n) is 3.79. The van der Waals surface area contributed by atoms with Crippen LogP contribution in [0.25, 0.3) is 0 Å². The summed E-state index contributed by atoms with van der Waals surface area (Å²) in [6.45, 7) is 9.46. The second-order valence-corrected chi connectivity index (χ2v) is 6.87. The summed E-state index contributed by atoms with van der Waals surface area (Å²) in [6, 6.07) is 3.86. The SMILES string of the molecule is CCNC(=NCC(C)(O)c1cccs1)NCCc1c(C)noc1C. The molecule has 0 spiro atoms. The Bertz CT molecular complexity index is 643. The summed E-state index contributed by atoms with van der Waals surface area (Å²) in [6.07, 6.45) is 0.812. The molecule has 3 N–H and O–H groups in total. The van der Waals surface area contributed by atoms with Gasteiger partial charge >= 0.3 is 0 Å². The van der Waals surface area contributed by atoms with Crippen molar-refractivity contribution in [3.8, 4) is 0 Å². The monoisotopic (exact) mass is 350 g/mol. The molecule has 0 radical (unpaired) electrons. The van der Waals surface area contributed by atoms with Gasteiger partial charge in [0.1, 0.15) is 11.4 Å². The number of aromatic nitrogens is 1. The van der Waals surface area contributed by atoms with Crippen LogP contribution in [0.4, 0.5) is 0 Å². The molecular formula is C17H26N4O2S. The number of aliphatic imine (C=N–C) groups is 1. The molecule has 1 unspecified atom stereocenters. The third-order valence-corrected chi connectivity index (χ3v) is 4.91. The predicted octanol–water partition coefficient (Wildman–Crippen LogP) is 2.36. The Labute approximate surface area is 147 Å². The molecule has 132 valence electrons. The first-order valence-corrected chi connectivity index (χ1v) is 9.02. The van der Waals surface area contributed by atoms with Gasteiger partial charge in [-0.25, -0.2) is 4.99 Å². The van der Waals surface area contributed by atoms with Crippen molar-refractivity contribution in [1.82, 2.24) is 15.8 Å². The molecule has 7 heteroatoms. The minimum absolute atomic E-state index is 0.300. The molecule has 0 aromatic carbocycles. The molecule has 2 heterocycles. The first kappa shape index (κ1) is 18.5. The lowest BCUT2D eigenvalue weighted by Gasteiger charge is -2.20. The van der Waals surface area contributed by atoms with E-state index in [1.807, 2.05) is 38.3 Å². The van der Waals surface area contributed by atoms with E-state index < -0.39 is 5.60 Å². The number of rotatable bonds is 7. The van der Waals surface area contributed by atoms with Crippen LogP contribution in [0, 0.1) is 13.8 Å². The molecular weight excluding hydrogens is 324 g/mol. The molecule has 0 aliphatic rings. The Balaban J connectivity index is 1.93. The summed E-state index contributed by atoms with van der Waals surface area (Å²) in [5.41, 5.74) is 1.10. The molecule has 6 nitrogen and oxygen atoms in total. The van der Waals surface area contributed by atoms with Crippen LogP contribution in [-0.2, 0) is 12.0 Å². The van der Waals surface area contributed by atoms with Crippen molar-refractivity contribution >= 4 is 17.3 Å². The highest BCUT2D eigenvalue weighted by Gasteiger charge is 2.24. The standard InChI is InChI=1S/C17H26N4O2S/c1-5-18-16(19-9-8-14-12(2)21-23-13(14)3)20-11-17(4,22)15-7-6-10-24-15/h6-7,10,22H,5,8-9,11H2,1-4H3,(H2,18,19,20). The first-order chi connectivity index (χ1) is 11.4. The normalized spacial score (nSPS) is 14.5. The molecule has 1 atom stereocenters. The van der Waals surface area contributed by atoms with E-state index >= 15 is 0 Å². The Kier molecular flexibility index (Phi) is 6.39. The minimum atomic E-state index is -0.960. The zero-order chi connectivity index (χ0) is 17.6. The van der Waals surface area contributed by atoms with E-state index in [4.69, 9.17) is 4.52 Å². The summed E-state index contributed by atoms with van der Waals surface area (Å²) in [7, 11) is 0. The van der Waals surface area contributed by atoms with Gasteiger partial charge in [0.15, 0.2) is 5.96 Å². The summed E-state index contributed by atoms with van der Waals surface area (Å²) in [5.74, 6) is 1.55. The van der Waals surface area contributed by atoms with Gasteiger partial charge in [-0.05, 0) is 45.6 Å². The van der Waals surface area contributed by atoms with Gasteiger partial charge in [0.25, 0.3) is 0 Å². The van der Waals surface area contributed by atoms with Gasteiger partial charge in [-0.1, -0.05) is 11.2 Å². The zero-order valence-corrected chi connectivity index (χ0v) is 15.5. The quantitative estimate of drug-likeness (QED) is 0.527. The van der Waals surface area contributed by atoms with E-state index in [0.29, 0.717) is 12.5 Å². The van der Waals surface area contributed by atoms with Crippen molar-refractivity contribution in [3.05, 3.63) is 39.4 Å². The molecule has 2 rings (SSSR count). The zero-order valence-electron chi connectivity index (χ0n) is 14.7. The van der Waals surface area contributed by atoms with Crippen molar-refractivity contribution in [2.45, 2.75) is 39.7 Å². The van der Waals surface area contributed by atoms with Gasteiger partial charge in [-0.15, -0.1) is 11.3 Å². The Hall–Kier alpha value is -1.86. The predicted molar refractivity (Wildman–Crippen MR) is 97.6 cm³/mol. The average molecular weight is 350 g/mol. The maximum absolute atomic E-state index is 10.6. The fourth-order valence-electron chi connectivity index (χ4n) is 2.40. The fraction of sp³-hybridized carbons (Fsp3) is 0.529. The van der Waals surface area contributed by atoms with Crippen LogP contribution in [-0.4, -0.2) is 35.9 Å². The maximum Gasteiger partial charge on any atom is 0.191 e. The molecule has 0 aliphatic heterocycles. The van der Waals surface area contributed by atoms with Gasteiger partial charge in [0.2, 0.25) is 0 Å². The lowest BCUT2D eigenvalue weighted by atomic mass is 10.1. The summed E-state index contributed by atoms with van der Waals surface area (Å²) in [5, 5.41) is 23.0. The number of aliphatic hydroxyl groups is 1. The molecule has 0 saturated heterocycles. The van der Waals surface area contributed by atoms with Crippen molar-refractivity contribution in [2.24, 2.45) is 4.99 Å². The second kappa shape index (κ2) is 8.30. The lowest BCUT2D eigenvalue weighted by molar-refractivity contribution is 0.0711.